The third-order valence-corrected chi connectivity index (χ3v) is 2.89. The number of carbonyl (C=O) groups excluding carboxylic acids is 1. The highest BCUT2D eigenvalue weighted by molar-refractivity contribution is 5.77. The van der Waals surface area contributed by atoms with E-state index in [9.17, 15) is 4.79 Å². The number of hydrogen-bond acceptors (Lipinski definition) is 3. The van der Waals surface area contributed by atoms with Gasteiger partial charge in [0, 0.05) is 0 Å². The highest BCUT2D eigenvalue weighted by Crippen LogP contribution is 2.25. The van der Waals surface area contributed by atoms with Crippen molar-refractivity contribution in [2.24, 2.45) is 0 Å². The predicted octanol–water partition coefficient (Wildman–Crippen LogP) is 3.76. The van der Waals surface area contributed by atoms with Crippen molar-refractivity contribution in [3.05, 3.63) is 60.2 Å². The van der Waals surface area contributed by atoms with E-state index < -0.39 is 0 Å². The van der Waals surface area contributed by atoms with Crippen molar-refractivity contribution in [2.75, 3.05) is 7.11 Å². The largest absolute Gasteiger partial charge is 0.469 e. The second-order valence-electron chi connectivity index (χ2n) is 4.23. The highest BCUT2D eigenvalue weighted by atomic mass is 16.5. The Balaban J connectivity index is 2.18. The van der Waals surface area contributed by atoms with Crippen LogP contribution >= 0.6 is 0 Å². The van der Waals surface area contributed by atoms with Gasteiger partial charge in [0.1, 0.15) is 11.5 Å². The van der Waals surface area contributed by atoms with E-state index in [1.165, 1.54) is 7.11 Å². The summed E-state index contributed by atoms with van der Waals surface area (Å²) in [6.07, 6.45) is 0. The Morgan fingerprint density at radius 3 is 2.37 bits per heavy atom. The first kappa shape index (κ1) is 13.1. The molecule has 0 saturated carbocycles. The molecule has 0 aliphatic heterocycles. The molecule has 0 aromatic heterocycles. The van der Waals surface area contributed by atoms with Crippen molar-refractivity contribution in [3.8, 4) is 11.5 Å². The Morgan fingerprint density at radius 2 is 1.68 bits per heavy atom. The van der Waals surface area contributed by atoms with Crippen molar-refractivity contribution in [3.63, 3.8) is 0 Å². The molecule has 0 aliphatic carbocycles. The van der Waals surface area contributed by atoms with Gasteiger partial charge in [-0.1, -0.05) is 30.3 Å². The van der Waals surface area contributed by atoms with Crippen LogP contribution in [-0.4, -0.2) is 13.1 Å². The lowest BCUT2D eigenvalue weighted by Crippen LogP contribution is -2.10. The standard InChI is InChI=1S/C16H16O3/c1-12(16(17)18-2)13-7-6-10-15(11-13)19-14-8-4-3-5-9-14/h3-12H,1-2H3/t12-/m0/s1. The van der Waals surface area contributed by atoms with Gasteiger partial charge in [-0.25, -0.2) is 0 Å². The second kappa shape index (κ2) is 6.05. The van der Waals surface area contributed by atoms with Gasteiger partial charge in [-0.15, -0.1) is 0 Å². The van der Waals surface area contributed by atoms with Crippen LogP contribution in [0.5, 0.6) is 11.5 Å². The maximum atomic E-state index is 11.5. The fourth-order valence-electron chi connectivity index (χ4n) is 1.78. The maximum absolute atomic E-state index is 11.5. The Labute approximate surface area is 112 Å². The predicted molar refractivity (Wildman–Crippen MR) is 73.4 cm³/mol. The minimum Gasteiger partial charge on any atom is -0.469 e. The van der Waals surface area contributed by atoms with Gasteiger partial charge < -0.3 is 9.47 Å². The van der Waals surface area contributed by atoms with E-state index in [4.69, 9.17) is 9.47 Å². The van der Waals surface area contributed by atoms with E-state index in [2.05, 4.69) is 0 Å². The molecule has 0 saturated heterocycles. The normalized spacial score (nSPS) is 11.7. The zero-order chi connectivity index (χ0) is 13.7. The molecule has 1 atom stereocenters. The average molecular weight is 256 g/mol. The van der Waals surface area contributed by atoms with Crippen molar-refractivity contribution < 1.29 is 14.3 Å². The summed E-state index contributed by atoms with van der Waals surface area (Å²) >= 11 is 0. The number of methoxy groups -OCH3 is 1. The average Bonchev–Trinajstić information content (AvgIpc) is 2.47. The quantitative estimate of drug-likeness (QED) is 0.781. The minimum absolute atomic E-state index is 0.253. The topological polar surface area (TPSA) is 35.5 Å². The number of rotatable bonds is 4. The van der Waals surface area contributed by atoms with E-state index in [1.807, 2.05) is 61.5 Å². The molecule has 0 spiro atoms. The summed E-state index contributed by atoms with van der Waals surface area (Å²) in [4.78, 5) is 11.5. The smallest absolute Gasteiger partial charge is 0.312 e. The van der Waals surface area contributed by atoms with Crippen LogP contribution in [0.2, 0.25) is 0 Å². The Hall–Kier alpha value is -2.29. The SMILES string of the molecule is COC(=O)[C@@H](C)c1cccc(Oc2ccccc2)c1. The maximum Gasteiger partial charge on any atom is 0.312 e. The van der Waals surface area contributed by atoms with Crippen LogP contribution in [-0.2, 0) is 9.53 Å². The molecule has 0 unspecified atom stereocenters. The summed E-state index contributed by atoms with van der Waals surface area (Å²) in [6.45, 7) is 1.81. The zero-order valence-electron chi connectivity index (χ0n) is 11.0. The lowest BCUT2D eigenvalue weighted by Gasteiger charge is -2.11. The van der Waals surface area contributed by atoms with Crippen molar-refractivity contribution in [2.45, 2.75) is 12.8 Å². The Kier molecular flexibility index (Phi) is 4.18. The van der Waals surface area contributed by atoms with Crippen LogP contribution in [0, 0.1) is 0 Å². The van der Waals surface area contributed by atoms with E-state index in [0.717, 1.165) is 11.3 Å². The first-order chi connectivity index (χ1) is 9.20. The second-order valence-corrected chi connectivity index (χ2v) is 4.23. The van der Waals surface area contributed by atoms with E-state index in [0.29, 0.717) is 5.75 Å². The fraction of sp³-hybridized carbons (Fsp3) is 0.188. The highest BCUT2D eigenvalue weighted by Gasteiger charge is 2.15. The van der Waals surface area contributed by atoms with Gasteiger partial charge in [-0.2, -0.15) is 0 Å². The lowest BCUT2D eigenvalue weighted by atomic mass is 10.0. The van der Waals surface area contributed by atoms with Gasteiger partial charge in [0.2, 0.25) is 0 Å². The Morgan fingerprint density at radius 1 is 1.00 bits per heavy atom. The molecule has 19 heavy (non-hydrogen) atoms. The van der Waals surface area contributed by atoms with Gasteiger partial charge in [-0.3, -0.25) is 4.79 Å². The van der Waals surface area contributed by atoms with Gasteiger partial charge in [0.15, 0.2) is 0 Å². The molecule has 0 bridgehead atoms. The van der Waals surface area contributed by atoms with Crippen LogP contribution in [0.1, 0.15) is 18.4 Å². The number of para-hydroxylation sites is 1. The number of esters is 1. The lowest BCUT2D eigenvalue weighted by molar-refractivity contribution is -0.141. The summed E-state index contributed by atoms with van der Waals surface area (Å²) in [5.74, 6) is 0.922. The van der Waals surface area contributed by atoms with Crippen molar-refractivity contribution in [1.82, 2.24) is 0 Å². The summed E-state index contributed by atoms with van der Waals surface area (Å²) in [6, 6.07) is 17.0. The number of carbonyl (C=O) groups is 1. The van der Waals surface area contributed by atoms with E-state index >= 15 is 0 Å². The number of ether oxygens (including phenoxy) is 2. The van der Waals surface area contributed by atoms with Gasteiger partial charge >= 0.3 is 5.97 Å². The summed E-state index contributed by atoms with van der Waals surface area (Å²) in [7, 11) is 1.39. The Bertz CT molecular complexity index is 549. The zero-order valence-corrected chi connectivity index (χ0v) is 11.0. The van der Waals surface area contributed by atoms with Gasteiger partial charge in [-0.05, 0) is 36.8 Å². The molecule has 2 aromatic carbocycles. The molecule has 0 aliphatic rings. The molecular formula is C16H16O3. The molecule has 0 N–H and O–H groups in total. The van der Waals surface area contributed by atoms with Crippen LogP contribution in [0.4, 0.5) is 0 Å². The van der Waals surface area contributed by atoms with E-state index in [-0.39, 0.29) is 11.9 Å². The molecular weight excluding hydrogens is 240 g/mol. The molecule has 2 aromatic rings. The van der Waals surface area contributed by atoms with Crippen LogP contribution in [0.3, 0.4) is 0 Å². The van der Waals surface area contributed by atoms with Crippen molar-refractivity contribution >= 4 is 5.97 Å². The van der Waals surface area contributed by atoms with Gasteiger partial charge in [0.25, 0.3) is 0 Å². The third kappa shape index (κ3) is 3.35. The molecule has 0 radical (unpaired) electrons. The van der Waals surface area contributed by atoms with Crippen LogP contribution in [0.15, 0.2) is 54.6 Å². The molecule has 0 amide bonds. The number of benzene rings is 2. The van der Waals surface area contributed by atoms with Crippen LogP contribution < -0.4 is 4.74 Å². The minimum atomic E-state index is -0.302. The fourth-order valence-corrected chi connectivity index (χ4v) is 1.78. The van der Waals surface area contributed by atoms with Crippen molar-refractivity contribution in [1.29, 1.82) is 0 Å². The summed E-state index contributed by atoms with van der Waals surface area (Å²) in [5.41, 5.74) is 0.875. The molecule has 0 heterocycles. The van der Waals surface area contributed by atoms with Gasteiger partial charge in [0.05, 0.1) is 13.0 Å². The molecule has 3 heteroatoms. The molecule has 3 nitrogen and oxygen atoms in total. The summed E-state index contributed by atoms with van der Waals surface area (Å²) in [5, 5.41) is 0. The first-order valence-electron chi connectivity index (χ1n) is 6.11. The third-order valence-electron chi connectivity index (χ3n) is 2.89. The molecule has 0 fully saturated rings. The molecule has 98 valence electrons. The number of hydrogen-bond donors (Lipinski definition) is 0. The van der Waals surface area contributed by atoms with E-state index in [1.54, 1.807) is 0 Å². The first-order valence-corrected chi connectivity index (χ1v) is 6.11. The monoisotopic (exact) mass is 256 g/mol. The van der Waals surface area contributed by atoms with Crippen LogP contribution in [0.25, 0.3) is 0 Å². The molecule has 2 rings (SSSR count). The summed E-state index contributed by atoms with van der Waals surface area (Å²) < 4.78 is 10.5.